The first kappa shape index (κ1) is 7.63. The fourth-order valence-electron chi connectivity index (χ4n) is 2.04. The van der Waals surface area contributed by atoms with Crippen molar-refractivity contribution in [1.29, 1.82) is 0 Å². The molecular formula is C11H11NS. The standard InChI is InChI=1S/C11H11NS/c1-2-4-10-8(3-1)7-9-5-6-13-11(9)12-10/h1-4,9H,5-7H2. The zero-order valence-corrected chi connectivity index (χ0v) is 8.18. The number of benzene rings is 1. The molecule has 0 N–H and O–H groups in total. The molecule has 2 heteroatoms. The van der Waals surface area contributed by atoms with Gasteiger partial charge in [0.05, 0.1) is 10.7 Å². The summed E-state index contributed by atoms with van der Waals surface area (Å²) in [5.41, 5.74) is 2.63. The average molecular weight is 189 g/mol. The molecule has 1 atom stereocenters. The number of hydrogen-bond acceptors (Lipinski definition) is 2. The molecule has 2 aliphatic rings. The molecule has 13 heavy (non-hydrogen) atoms. The van der Waals surface area contributed by atoms with Gasteiger partial charge in [-0.05, 0) is 30.2 Å². The van der Waals surface area contributed by atoms with E-state index in [4.69, 9.17) is 0 Å². The lowest BCUT2D eigenvalue weighted by Gasteiger charge is -2.17. The molecule has 1 aromatic carbocycles. The number of rotatable bonds is 0. The van der Waals surface area contributed by atoms with Crippen molar-refractivity contribution in [2.45, 2.75) is 12.8 Å². The van der Waals surface area contributed by atoms with Crippen LogP contribution in [0.2, 0.25) is 0 Å². The quantitative estimate of drug-likeness (QED) is 0.611. The Morgan fingerprint density at radius 2 is 2.23 bits per heavy atom. The fraction of sp³-hybridized carbons (Fsp3) is 0.364. The van der Waals surface area contributed by atoms with E-state index >= 15 is 0 Å². The summed E-state index contributed by atoms with van der Waals surface area (Å²) in [4.78, 5) is 4.69. The van der Waals surface area contributed by atoms with Crippen molar-refractivity contribution in [1.82, 2.24) is 0 Å². The summed E-state index contributed by atoms with van der Waals surface area (Å²) in [6.45, 7) is 0. The van der Waals surface area contributed by atoms with Crippen molar-refractivity contribution in [3.63, 3.8) is 0 Å². The molecule has 1 nitrogen and oxygen atoms in total. The van der Waals surface area contributed by atoms with E-state index in [2.05, 4.69) is 29.3 Å². The topological polar surface area (TPSA) is 12.4 Å². The Balaban J connectivity index is 2.10. The lowest BCUT2D eigenvalue weighted by molar-refractivity contribution is 0.682. The zero-order chi connectivity index (χ0) is 8.67. The van der Waals surface area contributed by atoms with Crippen LogP contribution in [0.15, 0.2) is 29.3 Å². The molecule has 2 aliphatic heterocycles. The minimum absolute atomic E-state index is 0.736. The van der Waals surface area contributed by atoms with Crippen molar-refractivity contribution in [2.24, 2.45) is 10.9 Å². The van der Waals surface area contributed by atoms with Crippen molar-refractivity contribution < 1.29 is 0 Å². The van der Waals surface area contributed by atoms with Crippen LogP contribution in [0, 0.1) is 5.92 Å². The van der Waals surface area contributed by atoms with Gasteiger partial charge in [0.15, 0.2) is 0 Å². The largest absolute Gasteiger partial charge is 0.246 e. The molecule has 0 radical (unpaired) electrons. The Bertz CT molecular complexity index is 370. The number of thioether (sulfide) groups is 1. The minimum atomic E-state index is 0.736. The summed E-state index contributed by atoms with van der Waals surface area (Å²) < 4.78 is 0. The third-order valence-electron chi connectivity index (χ3n) is 2.75. The molecule has 1 fully saturated rings. The maximum absolute atomic E-state index is 4.69. The molecular weight excluding hydrogens is 178 g/mol. The highest BCUT2D eigenvalue weighted by atomic mass is 32.2. The van der Waals surface area contributed by atoms with Gasteiger partial charge in [-0.3, -0.25) is 0 Å². The van der Waals surface area contributed by atoms with Gasteiger partial charge in [0.1, 0.15) is 0 Å². The van der Waals surface area contributed by atoms with Crippen LogP contribution in [-0.4, -0.2) is 10.8 Å². The third-order valence-corrected chi connectivity index (χ3v) is 3.91. The SMILES string of the molecule is c1ccc2c(c1)CC1CCSC1=N2. The first-order chi connectivity index (χ1) is 6.43. The van der Waals surface area contributed by atoms with E-state index in [1.54, 1.807) is 0 Å². The van der Waals surface area contributed by atoms with Crippen LogP contribution in [0.3, 0.4) is 0 Å². The molecule has 0 spiro atoms. The summed E-state index contributed by atoms with van der Waals surface area (Å²) in [6, 6.07) is 8.51. The molecule has 0 bridgehead atoms. The molecule has 1 unspecified atom stereocenters. The summed E-state index contributed by atoms with van der Waals surface area (Å²) in [5.74, 6) is 2.00. The van der Waals surface area contributed by atoms with Crippen LogP contribution in [0.1, 0.15) is 12.0 Å². The highest BCUT2D eigenvalue weighted by Gasteiger charge is 2.27. The van der Waals surface area contributed by atoms with E-state index in [0.29, 0.717) is 0 Å². The minimum Gasteiger partial charge on any atom is -0.246 e. The van der Waals surface area contributed by atoms with Crippen molar-refractivity contribution in [3.05, 3.63) is 29.8 Å². The molecule has 2 heterocycles. The third kappa shape index (κ3) is 1.20. The second kappa shape index (κ2) is 2.88. The summed E-state index contributed by atoms with van der Waals surface area (Å²) in [7, 11) is 0. The second-order valence-electron chi connectivity index (χ2n) is 3.62. The number of nitrogens with zero attached hydrogens (tertiary/aromatic N) is 1. The Hall–Kier alpha value is -0.760. The van der Waals surface area contributed by atoms with Crippen LogP contribution in [-0.2, 0) is 6.42 Å². The number of fused-ring (bicyclic) bond motifs is 2. The lowest BCUT2D eigenvalue weighted by Crippen LogP contribution is -2.12. The molecule has 66 valence electrons. The number of hydrogen-bond donors (Lipinski definition) is 0. The first-order valence-corrected chi connectivity index (χ1v) is 5.71. The molecule has 0 aliphatic carbocycles. The number of aliphatic imine (C=N–C) groups is 1. The van der Waals surface area contributed by atoms with Gasteiger partial charge in [-0.15, -0.1) is 11.8 Å². The van der Waals surface area contributed by atoms with E-state index in [0.717, 1.165) is 5.92 Å². The van der Waals surface area contributed by atoms with Gasteiger partial charge in [-0.1, -0.05) is 18.2 Å². The van der Waals surface area contributed by atoms with Gasteiger partial charge in [0.25, 0.3) is 0 Å². The van der Waals surface area contributed by atoms with Gasteiger partial charge in [0.2, 0.25) is 0 Å². The lowest BCUT2D eigenvalue weighted by atomic mass is 9.94. The molecule has 0 saturated carbocycles. The average Bonchev–Trinajstić information content (AvgIpc) is 2.61. The van der Waals surface area contributed by atoms with E-state index in [9.17, 15) is 0 Å². The van der Waals surface area contributed by atoms with Crippen LogP contribution in [0.5, 0.6) is 0 Å². The van der Waals surface area contributed by atoms with Gasteiger partial charge >= 0.3 is 0 Å². The van der Waals surface area contributed by atoms with Crippen LogP contribution < -0.4 is 0 Å². The van der Waals surface area contributed by atoms with Crippen molar-refractivity contribution in [2.75, 3.05) is 5.75 Å². The Morgan fingerprint density at radius 3 is 3.23 bits per heavy atom. The van der Waals surface area contributed by atoms with E-state index < -0.39 is 0 Å². The fourth-order valence-corrected chi connectivity index (χ4v) is 3.25. The monoisotopic (exact) mass is 189 g/mol. The maximum Gasteiger partial charge on any atom is 0.0773 e. The predicted molar refractivity (Wildman–Crippen MR) is 57.8 cm³/mol. The van der Waals surface area contributed by atoms with E-state index in [1.165, 1.54) is 34.9 Å². The molecule has 3 rings (SSSR count). The Kier molecular flexibility index (Phi) is 1.69. The van der Waals surface area contributed by atoms with Gasteiger partial charge in [0, 0.05) is 5.92 Å². The highest BCUT2D eigenvalue weighted by molar-refractivity contribution is 8.14. The van der Waals surface area contributed by atoms with Crippen molar-refractivity contribution in [3.8, 4) is 0 Å². The van der Waals surface area contributed by atoms with Gasteiger partial charge < -0.3 is 0 Å². The van der Waals surface area contributed by atoms with E-state index in [1.807, 2.05) is 11.8 Å². The van der Waals surface area contributed by atoms with E-state index in [-0.39, 0.29) is 0 Å². The molecule has 0 amide bonds. The molecule has 1 saturated heterocycles. The summed E-state index contributed by atoms with van der Waals surface area (Å²) in [6.07, 6.45) is 2.53. The van der Waals surface area contributed by atoms with Gasteiger partial charge in [-0.2, -0.15) is 0 Å². The first-order valence-electron chi connectivity index (χ1n) is 4.73. The molecule has 1 aromatic rings. The summed E-state index contributed by atoms with van der Waals surface area (Å²) >= 11 is 1.94. The summed E-state index contributed by atoms with van der Waals surface area (Å²) in [5, 5.41) is 1.37. The second-order valence-corrected chi connectivity index (χ2v) is 4.73. The van der Waals surface area contributed by atoms with Crippen LogP contribution >= 0.6 is 11.8 Å². The van der Waals surface area contributed by atoms with Crippen LogP contribution in [0.25, 0.3) is 0 Å². The predicted octanol–water partition coefficient (Wildman–Crippen LogP) is 3.03. The normalized spacial score (nSPS) is 24.9. The Labute approximate surface area is 82.3 Å². The number of para-hydroxylation sites is 1. The smallest absolute Gasteiger partial charge is 0.0773 e. The molecule has 0 aromatic heterocycles. The van der Waals surface area contributed by atoms with Crippen LogP contribution in [0.4, 0.5) is 5.69 Å². The van der Waals surface area contributed by atoms with Crippen molar-refractivity contribution >= 4 is 22.5 Å². The zero-order valence-electron chi connectivity index (χ0n) is 7.36. The van der Waals surface area contributed by atoms with Gasteiger partial charge in [-0.25, -0.2) is 4.99 Å². The Morgan fingerprint density at radius 1 is 1.31 bits per heavy atom. The maximum atomic E-state index is 4.69. The highest BCUT2D eigenvalue weighted by Crippen LogP contribution is 2.38.